The molecule has 0 spiro atoms. The van der Waals surface area contributed by atoms with E-state index in [9.17, 15) is 14.4 Å². The number of nitrogens with zero attached hydrogens (tertiary/aromatic N) is 3. The molecule has 0 unspecified atom stereocenters. The van der Waals surface area contributed by atoms with Gasteiger partial charge >= 0.3 is 5.97 Å². The first-order chi connectivity index (χ1) is 19.2. The number of terminal acetylenes is 1. The SMILES string of the molecule is C#CC(=O)N1CCC(c2onc(-c3c(Cl)cc(Cl)cc3Cl)c2C(=O)n2ccc3c(/C=C/C(=O)O)cccc32)CC1. The molecule has 11 heteroatoms. The number of aromatic nitrogens is 2. The second kappa shape index (κ2) is 11.2. The fourth-order valence-corrected chi connectivity index (χ4v) is 5.95. The number of halogens is 3. The maximum Gasteiger partial charge on any atom is 0.328 e. The average Bonchev–Trinajstić information content (AvgIpc) is 3.56. The number of benzene rings is 2. The number of aliphatic carboxylic acids is 1. The molecule has 5 rings (SSSR count). The molecule has 2 aromatic carbocycles. The van der Waals surface area contributed by atoms with E-state index in [1.54, 1.807) is 35.4 Å². The van der Waals surface area contributed by atoms with Gasteiger partial charge in [-0.1, -0.05) is 52.1 Å². The van der Waals surface area contributed by atoms with Gasteiger partial charge in [-0.2, -0.15) is 0 Å². The summed E-state index contributed by atoms with van der Waals surface area (Å²) in [5.74, 6) is 0.331. The van der Waals surface area contributed by atoms with Crippen LogP contribution in [0, 0.1) is 12.3 Å². The minimum absolute atomic E-state index is 0.164. The van der Waals surface area contributed by atoms with Crippen molar-refractivity contribution in [3.05, 3.63) is 80.6 Å². The summed E-state index contributed by atoms with van der Waals surface area (Å²) in [7, 11) is 0. The van der Waals surface area contributed by atoms with Crippen LogP contribution in [0.3, 0.4) is 0 Å². The zero-order valence-electron chi connectivity index (χ0n) is 20.7. The van der Waals surface area contributed by atoms with Crippen LogP contribution in [-0.2, 0) is 9.59 Å². The third kappa shape index (κ3) is 5.11. The normalized spacial score (nSPS) is 14.1. The van der Waals surface area contributed by atoms with E-state index in [-0.39, 0.29) is 33.1 Å². The van der Waals surface area contributed by atoms with Crippen LogP contribution in [0.15, 0.2) is 53.2 Å². The lowest BCUT2D eigenvalue weighted by atomic mass is 9.90. The van der Waals surface area contributed by atoms with E-state index in [1.165, 1.54) is 22.8 Å². The molecular weight excluding hydrogens is 577 g/mol. The first-order valence-electron chi connectivity index (χ1n) is 12.1. The molecule has 1 saturated heterocycles. The standard InChI is InChI=1S/C29H20Cl3N3O5/c1-2-23(36)34-11-8-17(9-12-34)28-26(27(33-40-28)25-20(31)14-18(30)15-21(25)32)29(39)35-13-10-19-16(6-7-24(37)38)4-3-5-22(19)35/h1,3-7,10,13-15,17H,8-9,11-12H2,(H,37,38)/b7-6+. The highest BCUT2D eigenvalue weighted by Crippen LogP contribution is 2.42. The Morgan fingerprint density at radius 1 is 1.10 bits per heavy atom. The van der Waals surface area contributed by atoms with Crippen molar-refractivity contribution in [2.24, 2.45) is 0 Å². The lowest BCUT2D eigenvalue weighted by Gasteiger charge is -2.29. The van der Waals surface area contributed by atoms with Crippen LogP contribution in [-0.4, -0.2) is 50.6 Å². The molecule has 3 heterocycles. The molecule has 0 atom stereocenters. The molecule has 202 valence electrons. The number of carboxylic acids is 1. The van der Waals surface area contributed by atoms with Gasteiger partial charge in [-0.15, -0.1) is 6.42 Å². The number of hydrogen-bond donors (Lipinski definition) is 1. The quantitative estimate of drug-likeness (QED) is 0.212. The largest absolute Gasteiger partial charge is 0.478 e. The fraction of sp³-hybridized carbons (Fsp3) is 0.172. The number of carbonyl (C=O) groups is 3. The van der Waals surface area contributed by atoms with Crippen molar-refractivity contribution in [1.29, 1.82) is 0 Å². The number of rotatable bonds is 5. The van der Waals surface area contributed by atoms with E-state index in [4.69, 9.17) is 50.9 Å². The Kier molecular flexibility index (Phi) is 7.72. The van der Waals surface area contributed by atoms with Crippen molar-refractivity contribution in [2.75, 3.05) is 13.1 Å². The molecule has 2 aromatic heterocycles. The van der Waals surface area contributed by atoms with E-state index >= 15 is 0 Å². The molecule has 0 aliphatic carbocycles. The van der Waals surface area contributed by atoms with Gasteiger partial charge < -0.3 is 14.5 Å². The monoisotopic (exact) mass is 595 g/mol. The van der Waals surface area contributed by atoms with Crippen molar-refractivity contribution in [1.82, 2.24) is 14.6 Å². The van der Waals surface area contributed by atoms with Crippen LogP contribution in [0.5, 0.6) is 0 Å². The molecule has 1 N–H and O–H groups in total. The van der Waals surface area contributed by atoms with Crippen LogP contribution >= 0.6 is 34.8 Å². The van der Waals surface area contributed by atoms with Gasteiger partial charge in [0.25, 0.3) is 11.8 Å². The zero-order valence-corrected chi connectivity index (χ0v) is 23.0. The van der Waals surface area contributed by atoms with Crippen LogP contribution < -0.4 is 0 Å². The first kappa shape index (κ1) is 27.5. The number of carbonyl (C=O) groups excluding carboxylic acids is 2. The van der Waals surface area contributed by atoms with E-state index in [0.29, 0.717) is 58.7 Å². The molecule has 1 fully saturated rings. The number of fused-ring (bicyclic) bond motifs is 1. The van der Waals surface area contributed by atoms with Crippen LogP contribution in [0.1, 0.15) is 40.4 Å². The predicted molar refractivity (Wildman–Crippen MR) is 153 cm³/mol. The maximum absolute atomic E-state index is 14.3. The Hall–Kier alpha value is -4.03. The van der Waals surface area contributed by atoms with E-state index in [1.807, 2.05) is 0 Å². The maximum atomic E-state index is 14.3. The number of piperidine rings is 1. The Balaban J connectivity index is 1.64. The lowest BCUT2D eigenvalue weighted by Crippen LogP contribution is -2.37. The molecule has 0 radical (unpaired) electrons. The Morgan fingerprint density at radius 2 is 1.80 bits per heavy atom. The van der Waals surface area contributed by atoms with Crippen molar-refractivity contribution < 1.29 is 24.0 Å². The minimum atomic E-state index is -1.09. The summed E-state index contributed by atoms with van der Waals surface area (Å²) in [5.41, 5.74) is 1.83. The first-order valence-corrected chi connectivity index (χ1v) is 13.3. The Morgan fingerprint density at radius 3 is 2.45 bits per heavy atom. The topological polar surface area (TPSA) is 106 Å². The van der Waals surface area contributed by atoms with E-state index < -0.39 is 11.9 Å². The Labute approximate surface area is 243 Å². The van der Waals surface area contributed by atoms with Gasteiger partial charge in [0, 0.05) is 47.3 Å². The van der Waals surface area contributed by atoms with Crippen molar-refractivity contribution in [2.45, 2.75) is 18.8 Å². The van der Waals surface area contributed by atoms with Gasteiger partial charge in [0.15, 0.2) is 5.76 Å². The molecule has 0 saturated carbocycles. The summed E-state index contributed by atoms with van der Waals surface area (Å²) >= 11 is 19.2. The fourth-order valence-electron chi connectivity index (χ4n) is 4.96. The van der Waals surface area contributed by atoms with Gasteiger partial charge in [0.05, 0.1) is 15.6 Å². The van der Waals surface area contributed by atoms with Gasteiger partial charge in [-0.25, -0.2) is 4.79 Å². The molecule has 0 bridgehead atoms. The average molecular weight is 597 g/mol. The van der Waals surface area contributed by atoms with Crippen LogP contribution in [0.2, 0.25) is 15.1 Å². The second-order valence-electron chi connectivity index (χ2n) is 9.17. The smallest absolute Gasteiger partial charge is 0.328 e. The second-order valence-corrected chi connectivity index (χ2v) is 10.4. The summed E-state index contributed by atoms with van der Waals surface area (Å²) in [6.07, 6.45) is 10.4. The highest BCUT2D eigenvalue weighted by molar-refractivity contribution is 6.42. The number of amides is 1. The van der Waals surface area contributed by atoms with Crippen molar-refractivity contribution in [3.8, 4) is 23.6 Å². The number of carboxylic acid groups (broad SMARTS) is 1. The molecule has 1 amide bonds. The summed E-state index contributed by atoms with van der Waals surface area (Å²) in [4.78, 5) is 38.9. The van der Waals surface area contributed by atoms with Crippen molar-refractivity contribution >= 4 is 69.6 Å². The van der Waals surface area contributed by atoms with Gasteiger partial charge in [0.1, 0.15) is 11.3 Å². The molecule has 4 aromatic rings. The highest BCUT2D eigenvalue weighted by atomic mass is 35.5. The van der Waals surface area contributed by atoms with Crippen LogP contribution in [0.4, 0.5) is 0 Å². The molecular formula is C29H20Cl3N3O5. The summed E-state index contributed by atoms with van der Waals surface area (Å²) < 4.78 is 7.26. The summed E-state index contributed by atoms with van der Waals surface area (Å²) in [6.45, 7) is 0.789. The van der Waals surface area contributed by atoms with Crippen LogP contribution in [0.25, 0.3) is 28.2 Å². The third-order valence-corrected chi connectivity index (χ3v) is 7.66. The molecule has 40 heavy (non-hydrogen) atoms. The summed E-state index contributed by atoms with van der Waals surface area (Å²) in [6, 6.07) is 9.98. The van der Waals surface area contributed by atoms with E-state index in [0.717, 1.165) is 6.08 Å². The molecule has 1 aliphatic rings. The third-order valence-electron chi connectivity index (χ3n) is 6.84. The van der Waals surface area contributed by atoms with E-state index in [2.05, 4.69) is 11.1 Å². The lowest BCUT2D eigenvalue weighted by molar-refractivity contribution is -0.131. The van der Waals surface area contributed by atoms with Crippen molar-refractivity contribution in [3.63, 3.8) is 0 Å². The zero-order chi connectivity index (χ0) is 28.6. The Bertz CT molecular complexity index is 1720. The number of hydrogen-bond acceptors (Lipinski definition) is 5. The molecule has 8 nitrogen and oxygen atoms in total. The summed E-state index contributed by atoms with van der Waals surface area (Å²) in [5, 5.41) is 14.7. The number of likely N-dealkylation sites (tertiary alicyclic amines) is 1. The van der Waals surface area contributed by atoms with Gasteiger partial charge in [-0.3, -0.25) is 14.2 Å². The van der Waals surface area contributed by atoms with Gasteiger partial charge in [-0.05, 0) is 54.7 Å². The predicted octanol–water partition coefficient (Wildman–Crippen LogP) is 6.38. The minimum Gasteiger partial charge on any atom is -0.478 e. The molecule has 1 aliphatic heterocycles. The van der Waals surface area contributed by atoms with Gasteiger partial charge in [0.2, 0.25) is 0 Å². The highest BCUT2D eigenvalue weighted by Gasteiger charge is 2.34.